The normalized spacial score (nSPS) is 15.1. The lowest BCUT2D eigenvalue weighted by Crippen LogP contribution is -2.55. The van der Waals surface area contributed by atoms with E-state index in [2.05, 4.69) is 26.6 Å². The number of benzene rings is 2. The van der Waals surface area contributed by atoms with E-state index in [1.165, 1.54) is 9.80 Å². The first-order chi connectivity index (χ1) is 15.0. The van der Waals surface area contributed by atoms with Crippen LogP contribution in [-0.4, -0.2) is 60.6 Å². The number of carbonyl (C=O) groups is 3. The van der Waals surface area contributed by atoms with E-state index in [1.807, 2.05) is 24.3 Å². The van der Waals surface area contributed by atoms with Gasteiger partial charge in [-0.15, -0.1) is 0 Å². The second kappa shape index (κ2) is 9.25. The number of ether oxygens (including phenoxy) is 2. The van der Waals surface area contributed by atoms with Gasteiger partial charge in [-0.05, 0) is 42.0 Å². The summed E-state index contributed by atoms with van der Waals surface area (Å²) in [5, 5.41) is 5.57. The minimum atomic E-state index is -0.345. The summed E-state index contributed by atoms with van der Waals surface area (Å²) < 4.78 is 11.5. The highest BCUT2D eigenvalue weighted by Crippen LogP contribution is 2.32. The number of piperazine rings is 1. The maximum atomic E-state index is 12.4. The van der Waals surface area contributed by atoms with E-state index in [-0.39, 0.29) is 37.7 Å². The predicted molar refractivity (Wildman–Crippen MR) is 116 cm³/mol. The summed E-state index contributed by atoms with van der Waals surface area (Å²) in [6, 6.07) is 12.3. The van der Waals surface area contributed by atoms with Gasteiger partial charge in [-0.1, -0.05) is 22.0 Å². The van der Waals surface area contributed by atoms with Crippen molar-refractivity contribution in [3.05, 3.63) is 52.5 Å². The molecular weight excluding hydrogens is 468 g/mol. The van der Waals surface area contributed by atoms with Gasteiger partial charge in [0.15, 0.2) is 11.5 Å². The first-order valence-corrected chi connectivity index (χ1v) is 10.5. The summed E-state index contributed by atoms with van der Waals surface area (Å²) in [6.45, 7) is 1.04. The van der Waals surface area contributed by atoms with Crippen molar-refractivity contribution < 1.29 is 23.9 Å². The van der Waals surface area contributed by atoms with E-state index >= 15 is 0 Å². The van der Waals surface area contributed by atoms with Crippen molar-refractivity contribution in [2.45, 2.75) is 6.54 Å². The van der Waals surface area contributed by atoms with Crippen LogP contribution in [0.15, 0.2) is 46.9 Å². The fourth-order valence-electron chi connectivity index (χ4n) is 3.27. The smallest absolute Gasteiger partial charge is 0.322 e. The van der Waals surface area contributed by atoms with Gasteiger partial charge in [0.2, 0.25) is 18.6 Å². The van der Waals surface area contributed by atoms with Crippen LogP contribution in [0.2, 0.25) is 0 Å². The average molecular weight is 489 g/mol. The Balaban J connectivity index is 1.23. The van der Waals surface area contributed by atoms with Gasteiger partial charge in [-0.2, -0.15) is 0 Å². The number of fused-ring (bicyclic) bond motifs is 1. The number of rotatable bonds is 5. The van der Waals surface area contributed by atoms with Crippen LogP contribution in [0, 0.1) is 0 Å². The van der Waals surface area contributed by atoms with Crippen molar-refractivity contribution in [3.8, 4) is 11.5 Å². The second-order valence-electron chi connectivity index (χ2n) is 7.14. The number of hydrogen-bond acceptors (Lipinski definition) is 5. The highest BCUT2D eigenvalue weighted by atomic mass is 79.9. The predicted octanol–water partition coefficient (Wildman–Crippen LogP) is 2.17. The molecule has 2 aliphatic rings. The van der Waals surface area contributed by atoms with Gasteiger partial charge in [0.1, 0.15) is 6.54 Å². The van der Waals surface area contributed by atoms with Crippen LogP contribution >= 0.6 is 15.9 Å². The third kappa shape index (κ3) is 5.26. The zero-order chi connectivity index (χ0) is 21.8. The molecule has 0 unspecified atom stereocenters. The molecule has 0 aromatic heterocycles. The number of halogens is 1. The molecule has 2 heterocycles. The Morgan fingerprint density at radius 3 is 2.58 bits per heavy atom. The average Bonchev–Trinajstić information content (AvgIpc) is 3.23. The Morgan fingerprint density at radius 1 is 1.03 bits per heavy atom. The molecule has 162 valence electrons. The Hall–Kier alpha value is -3.27. The number of anilines is 1. The first-order valence-electron chi connectivity index (χ1n) is 9.72. The van der Waals surface area contributed by atoms with Crippen molar-refractivity contribution in [2.75, 3.05) is 38.3 Å². The van der Waals surface area contributed by atoms with Gasteiger partial charge in [0.05, 0.1) is 6.54 Å². The van der Waals surface area contributed by atoms with E-state index in [4.69, 9.17) is 9.47 Å². The highest BCUT2D eigenvalue weighted by molar-refractivity contribution is 9.10. The number of nitrogens with zero attached hydrogens (tertiary/aromatic N) is 2. The van der Waals surface area contributed by atoms with Gasteiger partial charge in [-0.3, -0.25) is 9.59 Å². The molecule has 0 spiro atoms. The number of urea groups is 1. The molecular formula is C21H21BrN4O5. The minimum Gasteiger partial charge on any atom is -0.454 e. The van der Waals surface area contributed by atoms with E-state index < -0.39 is 0 Å². The molecule has 1 fully saturated rings. The topological polar surface area (TPSA) is 100 Å². The molecule has 0 atom stereocenters. The Labute approximate surface area is 187 Å². The van der Waals surface area contributed by atoms with Crippen molar-refractivity contribution in [1.82, 2.24) is 15.1 Å². The Morgan fingerprint density at radius 2 is 1.81 bits per heavy atom. The fraction of sp³-hybridized carbons (Fsp3) is 0.286. The molecule has 1 saturated heterocycles. The summed E-state index contributed by atoms with van der Waals surface area (Å²) in [5.41, 5.74) is 1.52. The molecule has 4 rings (SSSR count). The molecule has 9 nitrogen and oxygen atoms in total. The van der Waals surface area contributed by atoms with Gasteiger partial charge in [0.25, 0.3) is 0 Å². The maximum Gasteiger partial charge on any atom is 0.322 e. The second-order valence-corrected chi connectivity index (χ2v) is 8.05. The largest absolute Gasteiger partial charge is 0.454 e. The molecule has 0 saturated carbocycles. The van der Waals surface area contributed by atoms with Crippen LogP contribution in [0.25, 0.3) is 0 Å². The lowest BCUT2D eigenvalue weighted by atomic mass is 10.2. The number of amides is 4. The molecule has 2 aromatic carbocycles. The molecule has 0 radical (unpaired) electrons. The van der Waals surface area contributed by atoms with Crippen LogP contribution < -0.4 is 20.1 Å². The summed E-state index contributed by atoms with van der Waals surface area (Å²) in [6.07, 6.45) is 0. The lowest BCUT2D eigenvalue weighted by molar-refractivity contribution is -0.139. The highest BCUT2D eigenvalue weighted by Gasteiger charge is 2.28. The van der Waals surface area contributed by atoms with Crippen molar-refractivity contribution in [3.63, 3.8) is 0 Å². The summed E-state index contributed by atoms with van der Waals surface area (Å²) >= 11 is 3.34. The molecule has 4 amide bonds. The third-order valence-electron chi connectivity index (χ3n) is 4.96. The van der Waals surface area contributed by atoms with Crippen molar-refractivity contribution in [1.29, 1.82) is 0 Å². The van der Waals surface area contributed by atoms with E-state index in [9.17, 15) is 14.4 Å². The standard InChI is InChI=1S/C21H21BrN4O5/c22-15-2-4-16(5-3-15)24-21(29)26-8-7-25(20(28)12-26)11-19(27)23-10-14-1-6-17-18(9-14)31-13-30-17/h1-6,9H,7-8,10-13H2,(H,23,27)(H,24,29). The molecule has 2 aromatic rings. The van der Waals surface area contributed by atoms with Crippen molar-refractivity contribution in [2.24, 2.45) is 0 Å². The van der Waals surface area contributed by atoms with Crippen LogP contribution in [0.4, 0.5) is 10.5 Å². The quantitative estimate of drug-likeness (QED) is 0.671. The summed E-state index contributed by atoms with van der Waals surface area (Å²) in [5.74, 6) is 0.802. The molecule has 0 aliphatic carbocycles. The molecule has 2 aliphatic heterocycles. The van der Waals surface area contributed by atoms with Gasteiger partial charge < -0.3 is 29.9 Å². The van der Waals surface area contributed by atoms with Crippen LogP contribution in [0.5, 0.6) is 11.5 Å². The Bertz CT molecular complexity index is 998. The van der Waals surface area contributed by atoms with Gasteiger partial charge in [0, 0.05) is 29.8 Å². The van der Waals surface area contributed by atoms with Crippen LogP contribution in [0.1, 0.15) is 5.56 Å². The SMILES string of the molecule is O=C(CN1CCN(C(=O)Nc2ccc(Br)cc2)CC1=O)NCc1ccc2c(c1)OCO2. The monoisotopic (exact) mass is 488 g/mol. The number of hydrogen-bond donors (Lipinski definition) is 2. The first kappa shape index (κ1) is 21.0. The number of nitrogens with one attached hydrogen (secondary N) is 2. The number of carbonyl (C=O) groups excluding carboxylic acids is 3. The maximum absolute atomic E-state index is 12.4. The van der Waals surface area contributed by atoms with Crippen molar-refractivity contribution >= 4 is 39.5 Å². The van der Waals surface area contributed by atoms with Gasteiger partial charge >= 0.3 is 6.03 Å². The third-order valence-corrected chi connectivity index (χ3v) is 5.49. The molecule has 2 N–H and O–H groups in total. The van der Waals surface area contributed by atoms with E-state index in [0.29, 0.717) is 36.8 Å². The molecule has 10 heteroatoms. The van der Waals surface area contributed by atoms with E-state index in [0.717, 1.165) is 10.0 Å². The molecule has 0 bridgehead atoms. The minimum absolute atomic E-state index is 0.0500. The fourth-order valence-corrected chi connectivity index (χ4v) is 3.53. The van der Waals surface area contributed by atoms with Crippen LogP contribution in [0.3, 0.4) is 0 Å². The zero-order valence-corrected chi connectivity index (χ0v) is 18.2. The lowest BCUT2D eigenvalue weighted by Gasteiger charge is -2.33. The summed E-state index contributed by atoms with van der Waals surface area (Å²) in [7, 11) is 0. The van der Waals surface area contributed by atoms with Crippen LogP contribution in [-0.2, 0) is 16.1 Å². The van der Waals surface area contributed by atoms with Gasteiger partial charge in [-0.25, -0.2) is 4.79 Å². The summed E-state index contributed by atoms with van der Waals surface area (Å²) in [4.78, 5) is 40.0. The Kier molecular flexibility index (Phi) is 6.26. The van der Waals surface area contributed by atoms with E-state index in [1.54, 1.807) is 18.2 Å². The molecule has 31 heavy (non-hydrogen) atoms. The zero-order valence-electron chi connectivity index (χ0n) is 16.6.